The van der Waals surface area contributed by atoms with Crippen LogP contribution in [0.2, 0.25) is 0 Å². The van der Waals surface area contributed by atoms with Crippen LogP contribution in [0.4, 0.5) is 0 Å². The quantitative estimate of drug-likeness (QED) is 0.0511. The SMILES string of the molecule is CC(C)[C@H](NC(=O)[C@H](Cc1ccc(O)cc1)NC(=O)[C@H](Cc1ccc(O)cc1)NC(=O)[C@@H]1CCCN1)C(=O)N[C@@H](CC(N)=O)C(=O)N[C@@H](CO)C(=O)NCC(=O)N[C@@H](C)C(=O)O. The van der Waals surface area contributed by atoms with E-state index in [-0.39, 0.29) is 24.3 Å². The fraction of sp³-hybridized carbons (Fsp3) is 0.475. The number of carbonyl (C=O) groups is 9. The van der Waals surface area contributed by atoms with Gasteiger partial charge in [0.2, 0.25) is 47.3 Å². The molecule has 2 aromatic carbocycles. The van der Waals surface area contributed by atoms with E-state index >= 15 is 0 Å². The minimum atomic E-state index is -1.74. The van der Waals surface area contributed by atoms with Crippen LogP contribution in [0.15, 0.2) is 48.5 Å². The maximum Gasteiger partial charge on any atom is 0.325 e. The van der Waals surface area contributed by atoms with Gasteiger partial charge in [-0.3, -0.25) is 43.2 Å². The van der Waals surface area contributed by atoms with E-state index in [1.807, 2.05) is 0 Å². The Hall–Kier alpha value is -6.81. The van der Waals surface area contributed by atoms with Crippen molar-refractivity contribution in [3.63, 3.8) is 0 Å². The van der Waals surface area contributed by atoms with Crippen molar-refractivity contribution in [1.82, 2.24) is 42.5 Å². The molecule has 0 unspecified atom stereocenters. The van der Waals surface area contributed by atoms with Crippen LogP contribution in [0.1, 0.15) is 51.2 Å². The first-order chi connectivity index (χ1) is 29.3. The number of hydrogen-bond donors (Lipinski definition) is 13. The zero-order valence-electron chi connectivity index (χ0n) is 34.4. The average molecular weight is 870 g/mol. The summed E-state index contributed by atoms with van der Waals surface area (Å²) in [7, 11) is 0. The Kier molecular flexibility index (Phi) is 19.1. The molecule has 7 atom stereocenters. The van der Waals surface area contributed by atoms with Crippen LogP contribution < -0.4 is 48.3 Å². The summed E-state index contributed by atoms with van der Waals surface area (Å²) in [5.41, 5.74) is 6.41. The summed E-state index contributed by atoms with van der Waals surface area (Å²) in [6.45, 7) is 3.19. The number of nitrogens with one attached hydrogen (secondary N) is 8. The number of aliphatic carboxylic acids is 1. The molecule has 3 rings (SSSR count). The highest BCUT2D eigenvalue weighted by Crippen LogP contribution is 2.15. The summed E-state index contributed by atoms with van der Waals surface area (Å²) in [5, 5.41) is 58.2. The summed E-state index contributed by atoms with van der Waals surface area (Å²) < 4.78 is 0. The van der Waals surface area contributed by atoms with E-state index in [4.69, 9.17) is 10.8 Å². The number of amides is 8. The number of aromatic hydroxyl groups is 2. The van der Waals surface area contributed by atoms with Gasteiger partial charge in [-0.1, -0.05) is 38.1 Å². The second-order valence-corrected chi connectivity index (χ2v) is 15.1. The summed E-state index contributed by atoms with van der Waals surface area (Å²) in [6.07, 6.45) is 0.306. The van der Waals surface area contributed by atoms with Gasteiger partial charge in [-0.2, -0.15) is 0 Å². The molecular weight excluding hydrogens is 814 g/mol. The van der Waals surface area contributed by atoms with Gasteiger partial charge in [-0.25, -0.2) is 0 Å². The van der Waals surface area contributed by atoms with E-state index in [9.17, 15) is 58.5 Å². The first kappa shape index (κ1) is 49.6. The molecule has 2 aromatic rings. The highest BCUT2D eigenvalue weighted by molar-refractivity contribution is 5.98. The molecule has 1 saturated heterocycles. The lowest BCUT2D eigenvalue weighted by atomic mass is 9.99. The van der Waals surface area contributed by atoms with Gasteiger partial charge in [0.25, 0.3) is 0 Å². The number of phenols is 2. The number of benzene rings is 2. The molecule has 0 aliphatic carbocycles. The second kappa shape index (κ2) is 23.8. The van der Waals surface area contributed by atoms with Crippen molar-refractivity contribution < 1.29 is 63.6 Å². The third kappa shape index (κ3) is 16.0. The summed E-state index contributed by atoms with van der Waals surface area (Å²) in [6, 6.07) is 2.43. The van der Waals surface area contributed by atoms with E-state index in [2.05, 4.69) is 42.5 Å². The van der Waals surface area contributed by atoms with E-state index in [1.54, 1.807) is 26.0 Å². The first-order valence-corrected chi connectivity index (χ1v) is 19.8. The van der Waals surface area contributed by atoms with Crippen molar-refractivity contribution in [2.24, 2.45) is 11.7 Å². The van der Waals surface area contributed by atoms with Gasteiger partial charge >= 0.3 is 5.97 Å². The first-order valence-electron chi connectivity index (χ1n) is 19.8. The van der Waals surface area contributed by atoms with Gasteiger partial charge in [0.05, 0.1) is 25.6 Å². The maximum atomic E-state index is 14.1. The normalized spacial score (nSPS) is 16.2. The van der Waals surface area contributed by atoms with Crippen LogP contribution in [0.3, 0.4) is 0 Å². The molecule has 338 valence electrons. The lowest BCUT2D eigenvalue weighted by molar-refractivity contribution is -0.141. The van der Waals surface area contributed by atoms with Crippen molar-refractivity contribution in [2.45, 2.75) is 95.2 Å². The van der Waals surface area contributed by atoms with Gasteiger partial charge in [0, 0.05) is 12.8 Å². The van der Waals surface area contributed by atoms with Crippen LogP contribution in [0, 0.1) is 5.92 Å². The van der Waals surface area contributed by atoms with Gasteiger partial charge in [-0.05, 0) is 67.6 Å². The Balaban J connectivity index is 1.82. The van der Waals surface area contributed by atoms with Gasteiger partial charge in [0.15, 0.2) is 0 Å². The largest absolute Gasteiger partial charge is 0.508 e. The highest BCUT2D eigenvalue weighted by atomic mass is 16.4. The Morgan fingerprint density at radius 3 is 1.66 bits per heavy atom. The fourth-order valence-electron chi connectivity index (χ4n) is 6.18. The van der Waals surface area contributed by atoms with Crippen LogP contribution in [0.5, 0.6) is 11.5 Å². The minimum absolute atomic E-state index is 0.0172. The molecule has 1 aliphatic rings. The number of aliphatic hydroxyl groups is 1. The van der Waals surface area contributed by atoms with Crippen LogP contribution in [-0.2, 0) is 56.0 Å². The second-order valence-electron chi connectivity index (χ2n) is 15.1. The van der Waals surface area contributed by atoms with Crippen molar-refractivity contribution in [3.8, 4) is 11.5 Å². The number of primary amides is 1. The molecular formula is C40H55N9O13. The molecule has 1 heterocycles. The smallest absolute Gasteiger partial charge is 0.325 e. The lowest BCUT2D eigenvalue weighted by Crippen LogP contribution is -2.61. The van der Waals surface area contributed by atoms with Crippen molar-refractivity contribution in [2.75, 3.05) is 19.7 Å². The zero-order valence-corrected chi connectivity index (χ0v) is 34.4. The van der Waals surface area contributed by atoms with E-state index < -0.39 is 121 Å². The molecule has 8 amide bonds. The Morgan fingerprint density at radius 2 is 1.18 bits per heavy atom. The van der Waals surface area contributed by atoms with Gasteiger partial charge < -0.3 is 68.7 Å². The maximum absolute atomic E-state index is 14.1. The molecule has 0 radical (unpaired) electrons. The van der Waals surface area contributed by atoms with E-state index in [1.165, 1.54) is 43.3 Å². The predicted octanol–water partition coefficient (Wildman–Crippen LogP) is -3.71. The number of phenolic OH excluding ortho intramolecular Hbond substituents is 2. The molecule has 0 saturated carbocycles. The summed E-state index contributed by atoms with van der Waals surface area (Å²) >= 11 is 0. The molecule has 0 spiro atoms. The molecule has 1 fully saturated rings. The lowest BCUT2D eigenvalue weighted by Gasteiger charge is -2.28. The number of carboxylic acids is 1. The Labute approximate surface area is 356 Å². The average Bonchev–Trinajstić information content (AvgIpc) is 3.77. The number of rotatable bonds is 23. The van der Waals surface area contributed by atoms with Crippen LogP contribution in [-0.4, -0.2) is 136 Å². The predicted molar refractivity (Wildman–Crippen MR) is 218 cm³/mol. The minimum Gasteiger partial charge on any atom is -0.508 e. The number of hydrogen-bond acceptors (Lipinski definition) is 13. The van der Waals surface area contributed by atoms with E-state index in [0.29, 0.717) is 24.1 Å². The molecule has 1 aliphatic heterocycles. The topological polar surface area (TPSA) is 357 Å². The Bertz CT molecular complexity index is 1920. The van der Waals surface area contributed by atoms with Crippen LogP contribution in [0.25, 0.3) is 0 Å². The highest BCUT2D eigenvalue weighted by Gasteiger charge is 2.35. The Morgan fingerprint density at radius 1 is 0.677 bits per heavy atom. The fourth-order valence-corrected chi connectivity index (χ4v) is 6.18. The summed E-state index contributed by atoms with van der Waals surface area (Å²) in [5.74, 6) is -9.34. The molecule has 14 N–H and O–H groups in total. The molecule has 22 nitrogen and oxygen atoms in total. The standard InChI is InChI=1S/C40H55N9O13/c1-20(2)33(39(60)47-29(17-31(41)53)37(58)48-30(19-50)34(55)43-18-32(54)44-21(3)40(61)62)49-38(59)28(16-23-8-12-25(52)13-9-23)46-36(57)27(15-22-6-10-24(51)11-7-22)45-35(56)26-5-4-14-42-26/h6-13,20-21,26-30,33,42,50-52H,4-5,14-19H2,1-3H3,(H2,41,53)(H,43,55)(H,44,54)(H,45,56)(H,46,57)(H,47,60)(H,48,58)(H,49,59)(H,61,62)/t21-,26-,27-,28-,29-,30-,33-/m0/s1. The van der Waals surface area contributed by atoms with Crippen LogP contribution >= 0.6 is 0 Å². The third-order valence-electron chi connectivity index (χ3n) is 9.67. The molecule has 0 bridgehead atoms. The number of nitrogens with two attached hydrogens (primary N) is 1. The van der Waals surface area contributed by atoms with Gasteiger partial charge in [0.1, 0.15) is 47.8 Å². The van der Waals surface area contributed by atoms with Crippen molar-refractivity contribution in [1.29, 1.82) is 0 Å². The molecule has 62 heavy (non-hydrogen) atoms. The van der Waals surface area contributed by atoms with Crippen molar-refractivity contribution in [3.05, 3.63) is 59.7 Å². The number of carboxylic acid groups (broad SMARTS) is 1. The monoisotopic (exact) mass is 869 g/mol. The van der Waals surface area contributed by atoms with E-state index in [0.717, 1.165) is 6.42 Å². The summed E-state index contributed by atoms with van der Waals surface area (Å²) in [4.78, 5) is 116. The van der Waals surface area contributed by atoms with Gasteiger partial charge in [-0.15, -0.1) is 0 Å². The number of carbonyl (C=O) groups excluding carboxylic acids is 8. The zero-order chi connectivity index (χ0) is 46.1. The molecule has 0 aromatic heterocycles. The third-order valence-corrected chi connectivity index (χ3v) is 9.67. The number of aliphatic hydroxyl groups excluding tert-OH is 1. The van der Waals surface area contributed by atoms with Crippen molar-refractivity contribution >= 4 is 53.2 Å². The molecule has 22 heteroatoms.